The highest BCUT2D eigenvalue weighted by Crippen LogP contribution is 2.26. The van der Waals surface area contributed by atoms with Gasteiger partial charge in [0.25, 0.3) is 5.91 Å². The molecule has 0 aliphatic heterocycles. The molecule has 0 radical (unpaired) electrons. The molecule has 0 atom stereocenters. The Kier molecular flexibility index (Phi) is 6.46. The normalized spacial score (nSPS) is 12.1. The smallest absolute Gasteiger partial charge is 0.325 e. The van der Waals surface area contributed by atoms with E-state index in [-0.39, 0.29) is 27.6 Å². The Morgan fingerprint density at radius 2 is 1.81 bits per heavy atom. The lowest BCUT2D eigenvalue weighted by Crippen LogP contribution is -2.22. The predicted molar refractivity (Wildman–Crippen MR) is 114 cm³/mol. The second-order valence-corrected chi connectivity index (χ2v) is 9.46. The van der Waals surface area contributed by atoms with Crippen LogP contribution in [0.1, 0.15) is 10.4 Å². The monoisotopic (exact) mass is 464 g/mol. The number of sulfone groups is 1. The topological polar surface area (TPSA) is 113 Å². The van der Waals surface area contributed by atoms with Crippen LogP contribution in [-0.4, -0.2) is 52.4 Å². The summed E-state index contributed by atoms with van der Waals surface area (Å²) in [5, 5.41) is 0. The number of nitrogens with zero attached hydrogens (tertiary/aromatic N) is 2. The van der Waals surface area contributed by atoms with Gasteiger partial charge in [0.2, 0.25) is 0 Å². The van der Waals surface area contributed by atoms with Gasteiger partial charge < -0.3 is 18.8 Å². The number of rotatable bonds is 6. The van der Waals surface area contributed by atoms with E-state index in [0.29, 0.717) is 16.0 Å². The van der Waals surface area contributed by atoms with Gasteiger partial charge in [-0.2, -0.15) is 4.99 Å². The largest absolute Gasteiger partial charge is 0.497 e. The summed E-state index contributed by atoms with van der Waals surface area (Å²) in [4.78, 5) is 29.3. The summed E-state index contributed by atoms with van der Waals surface area (Å²) in [5.74, 6) is -0.326. The molecule has 0 saturated carbocycles. The average molecular weight is 465 g/mol. The Bertz CT molecular complexity index is 1340. The summed E-state index contributed by atoms with van der Waals surface area (Å²) < 4.78 is 41.0. The van der Waals surface area contributed by atoms with Gasteiger partial charge in [-0.05, 0) is 30.3 Å². The number of thiazole rings is 1. The number of amides is 1. The molecule has 2 aromatic carbocycles. The van der Waals surface area contributed by atoms with E-state index in [9.17, 15) is 18.0 Å². The number of hydrogen-bond acceptors (Lipinski definition) is 8. The zero-order valence-corrected chi connectivity index (χ0v) is 18.9. The molecule has 0 N–H and O–H groups in total. The molecule has 1 aromatic heterocycles. The molecule has 0 bridgehead atoms. The minimum atomic E-state index is -3.43. The van der Waals surface area contributed by atoms with Gasteiger partial charge in [-0.25, -0.2) is 8.42 Å². The lowest BCUT2D eigenvalue weighted by molar-refractivity contribution is -0.141. The number of aromatic nitrogens is 1. The highest BCUT2D eigenvalue weighted by molar-refractivity contribution is 7.90. The minimum Gasteiger partial charge on any atom is -0.497 e. The number of esters is 1. The van der Waals surface area contributed by atoms with Crippen LogP contribution in [0.25, 0.3) is 10.2 Å². The number of fused-ring (bicyclic) bond motifs is 1. The van der Waals surface area contributed by atoms with Gasteiger partial charge in [-0.3, -0.25) is 9.59 Å². The Balaban J connectivity index is 2.19. The molecular formula is C20H20N2O7S2. The molecule has 11 heteroatoms. The number of benzene rings is 2. The third kappa shape index (κ3) is 4.78. The molecule has 31 heavy (non-hydrogen) atoms. The van der Waals surface area contributed by atoms with Crippen LogP contribution in [0.15, 0.2) is 46.3 Å². The van der Waals surface area contributed by atoms with Crippen molar-refractivity contribution in [1.29, 1.82) is 0 Å². The number of hydrogen-bond donors (Lipinski definition) is 0. The number of carbonyl (C=O) groups excluding carboxylic acids is 2. The molecular weight excluding hydrogens is 444 g/mol. The zero-order valence-electron chi connectivity index (χ0n) is 17.2. The zero-order chi connectivity index (χ0) is 22.8. The molecule has 9 nitrogen and oxygen atoms in total. The van der Waals surface area contributed by atoms with Gasteiger partial charge >= 0.3 is 5.97 Å². The molecule has 1 heterocycles. The van der Waals surface area contributed by atoms with Gasteiger partial charge in [-0.15, -0.1) is 0 Å². The third-order valence-electron chi connectivity index (χ3n) is 4.43. The Morgan fingerprint density at radius 3 is 2.42 bits per heavy atom. The molecule has 3 rings (SSSR count). The van der Waals surface area contributed by atoms with Gasteiger partial charge in [0.05, 0.1) is 42.0 Å². The van der Waals surface area contributed by atoms with Crippen LogP contribution in [0.5, 0.6) is 11.5 Å². The molecule has 0 saturated heterocycles. The van der Waals surface area contributed by atoms with Crippen molar-refractivity contribution in [2.45, 2.75) is 11.4 Å². The van der Waals surface area contributed by atoms with Crippen molar-refractivity contribution in [3.63, 3.8) is 0 Å². The molecule has 0 aliphatic rings. The van der Waals surface area contributed by atoms with Crippen molar-refractivity contribution in [2.24, 2.45) is 4.99 Å². The van der Waals surface area contributed by atoms with Crippen LogP contribution >= 0.6 is 11.3 Å². The van der Waals surface area contributed by atoms with Gasteiger partial charge in [-0.1, -0.05) is 11.3 Å². The summed E-state index contributed by atoms with van der Waals surface area (Å²) in [6, 6.07) is 9.20. The molecule has 0 spiro atoms. The average Bonchev–Trinajstić information content (AvgIpc) is 3.08. The van der Waals surface area contributed by atoms with Crippen molar-refractivity contribution < 1.29 is 32.2 Å². The van der Waals surface area contributed by atoms with Crippen LogP contribution in [0, 0.1) is 0 Å². The van der Waals surface area contributed by atoms with E-state index in [2.05, 4.69) is 4.99 Å². The maximum Gasteiger partial charge on any atom is 0.325 e. The van der Waals surface area contributed by atoms with Crippen molar-refractivity contribution in [3.8, 4) is 11.5 Å². The molecule has 0 fully saturated rings. The van der Waals surface area contributed by atoms with Crippen molar-refractivity contribution in [3.05, 3.63) is 46.8 Å². The lowest BCUT2D eigenvalue weighted by atomic mass is 10.2. The highest BCUT2D eigenvalue weighted by Gasteiger charge is 2.17. The van der Waals surface area contributed by atoms with E-state index in [4.69, 9.17) is 14.2 Å². The fourth-order valence-electron chi connectivity index (χ4n) is 2.84. The van der Waals surface area contributed by atoms with Crippen LogP contribution < -0.4 is 14.3 Å². The molecule has 164 valence electrons. The number of ether oxygens (including phenoxy) is 3. The predicted octanol–water partition coefficient (Wildman–Crippen LogP) is 2.04. The van der Waals surface area contributed by atoms with Crippen LogP contribution in [0.4, 0.5) is 0 Å². The van der Waals surface area contributed by atoms with E-state index >= 15 is 0 Å². The molecule has 0 unspecified atom stereocenters. The highest BCUT2D eigenvalue weighted by atomic mass is 32.2. The summed E-state index contributed by atoms with van der Waals surface area (Å²) in [6.07, 6.45) is 1.11. The first-order valence-corrected chi connectivity index (χ1v) is 11.6. The van der Waals surface area contributed by atoms with Crippen molar-refractivity contribution >= 4 is 43.3 Å². The van der Waals surface area contributed by atoms with E-state index in [1.807, 2.05) is 0 Å². The maximum absolute atomic E-state index is 12.9. The summed E-state index contributed by atoms with van der Waals surface area (Å²) >= 11 is 1.09. The molecule has 1 amide bonds. The quantitative estimate of drug-likeness (QED) is 0.513. The number of carbonyl (C=O) groups is 2. The standard InChI is InChI=1S/C20H20N2O7S2/c1-27-12-5-7-14(16(9-12)28-2)19(24)21-20-22(11-18(23)29-3)15-8-6-13(31(4,25)26)10-17(15)30-20/h5-10H,11H2,1-4H3. The fourth-order valence-corrected chi connectivity index (χ4v) is 4.63. The second-order valence-electron chi connectivity index (χ2n) is 6.43. The van der Waals surface area contributed by atoms with E-state index < -0.39 is 21.7 Å². The van der Waals surface area contributed by atoms with Gasteiger partial charge in [0, 0.05) is 12.3 Å². The van der Waals surface area contributed by atoms with Gasteiger partial charge in [0.1, 0.15) is 18.0 Å². The first-order chi connectivity index (χ1) is 14.7. The van der Waals surface area contributed by atoms with Crippen molar-refractivity contribution in [1.82, 2.24) is 4.57 Å². The van der Waals surface area contributed by atoms with E-state index in [1.54, 1.807) is 18.2 Å². The Morgan fingerprint density at radius 1 is 1.06 bits per heavy atom. The van der Waals surface area contributed by atoms with E-state index in [1.165, 1.54) is 44.1 Å². The Hall–Kier alpha value is -3.18. The SMILES string of the molecule is COC(=O)Cn1c(=NC(=O)c2ccc(OC)cc2OC)sc2cc(S(C)(=O)=O)ccc21. The second kappa shape index (κ2) is 8.90. The first kappa shape index (κ1) is 22.5. The molecule has 3 aromatic rings. The third-order valence-corrected chi connectivity index (χ3v) is 6.58. The summed E-state index contributed by atoms with van der Waals surface area (Å²) in [6.45, 7) is -0.194. The first-order valence-electron chi connectivity index (χ1n) is 8.89. The van der Waals surface area contributed by atoms with E-state index in [0.717, 1.165) is 17.6 Å². The van der Waals surface area contributed by atoms with Crippen molar-refractivity contribution in [2.75, 3.05) is 27.6 Å². The van der Waals surface area contributed by atoms with Gasteiger partial charge in [0.15, 0.2) is 14.6 Å². The molecule has 0 aliphatic carbocycles. The van der Waals surface area contributed by atoms with Crippen LogP contribution in [-0.2, 0) is 25.9 Å². The number of methoxy groups -OCH3 is 3. The maximum atomic E-state index is 12.9. The van der Waals surface area contributed by atoms with Crippen LogP contribution in [0.2, 0.25) is 0 Å². The summed E-state index contributed by atoms with van der Waals surface area (Å²) in [5.41, 5.74) is 0.762. The minimum absolute atomic E-state index is 0.126. The lowest BCUT2D eigenvalue weighted by Gasteiger charge is -2.07. The summed E-state index contributed by atoms with van der Waals surface area (Å²) in [7, 11) is 0.750. The fraction of sp³-hybridized carbons (Fsp3) is 0.250. The Labute approximate surface area is 182 Å². The van der Waals surface area contributed by atoms with Crippen LogP contribution in [0.3, 0.4) is 0 Å².